The van der Waals surface area contributed by atoms with E-state index in [2.05, 4.69) is 5.10 Å². The zero-order chi connectivity index (χ0) is 12.9. The van der Waals surface area contributed by atoms with Crippen LogP contribution in [0.1, 0.15) is 0 Å². The second-order valence-electron chi connectivity index (χ2n) is 4.03. The number of nitrogens with zero attached hydrogens (tertiary/aromatic N) is 2. The van der Waals surface area contributed by atoms with Gasteiger partial charge in [-0.15, -0.1) is 0 Å². The van der Waals surface area contributed by atoms with E-state index in [0.717, 1.165) is 17.1 Å². The molecule has 1 saturated heterocycles. The van der Waals surface area contributed by atoms with Crippen molar-refractivity contribution in [3.63, 3.8) is 0 Å². The molecule has 7 heteroatoms. The molecule has 0 bridgehead atoms. The zero-order valence-electron chi connectivity index (χ0n) is 8.99. The molecule has 1 aromatic rings. The standard InChI is InChI=1S/C11H7F3N2OS/c12-7-1-5(2-8(13)10(7)14)16-11(17)6-3-18-4-9(6)15-16/h1-2,6H,3-4H2. The Morgan fingerprint density at radius 3 is 2.56 bits per heavy atom. The highest BCUT2D eigenvalue weighted by atomic mass is 32.2. The fourth-order valence-electron chi connectivity index (χ4n) is 1.97. The molecule has 0 saturated carbocycles. The van der Waals surface area contributed by atoms with Crippen molar-refractivity contribution < 1.29 is 18.0 Å². The third-order valence-corrected chi connectivity index (χ3v) is 3.95. The Balaban J connectivity index is 2.02. The Morgan fingerprint density at radius 2 is 1.94 bits per heavy atom. The number of benzene rings is 1. The fraction of sp³-hybridized carbons (Fsp3) is 0.273. The maximum absolute atomic E-state index is 13.1. The van der Waals surface area contributed by atoms with Gasteiger partial charge in [0, 0.05) is 23.6 Å². The van der Waals surface area contributed by atoms with E-state index in [1.54, 1.807) is 11.8 Å². The van der Waals surface area contributed by atoms with Crippen LogP contribution in [-0.2, 0) is 4.79 Å². The molecule has 0 aliphatic carbocycles. The molecule has 1 fully saturated rings. The number of thioether (sulfide) groups is 1. The van der Waals surface area contributed by atoms with Gasteiger partial charge in [0.05, 0.1) is 17.3 Å². The topological polar surface area (TPSA) is 32.7 Å². The fourth-order valence-corrected chi connectivity index (χ4v) is 3.12. The van der Waals surface area contributed by atoms with Crippen molar-refractivity contribution in [2.24, 2.45) is 11.0 Å². The number of amides is 1. The van der Waals surface area contributed by atoms with E-state index in [-0.39, 0.29) is 17.5 Å². The number of hydrogen-bond donors (Lipinski definition) is 0. The first-order valence-corrected chi connectivity index (χ1v) is 6.37. The SMILES string of the molecule is O=C1C2CSCC2=NN1c1cc(F)c(F)c(F)c1. The van der Waals surface area contributed by atoms with Gasteiger partial charge in [-0.05, 0) is 0 Å². The van der Waals surface area contributed by atoms with Gasteiger partial charge in [-0.3, -0.25) is 4.79 Å². The second kappa shape index (κ2) is 4.01. The summed E-state index contributed by atoms with van der Waals surface area (Å²) in [5, 5.41) is 4.99. The van der Waals surface area contributed by atoms with Crippen LogP contribution in [0.5, 0.6) is 0 Å². The summed E-state index contributed by atoms with van der Waals surface area (Å²) in [6.45, 7) is 0. The normalized spacial score (nSPS) is 22.4. The van der Waals surface area contributed by atoms with Crippen LogP contribution in [0.3, 0.4) is 0 Å². The molecular formula is C11H7F3N2OS. The van der Waals surface area contributed by atoms with Gasteiger partial charge in [-0.2, -0.15) is 21.9 Å². The Kier molecular flexibility index (Phi) is 2.58. The summed E-state index contributed by atoms with van der Waals surface area (Å²) >= 11 is 1.59. The van der Waals surface area contributed by atoms with E-state index in [9.17, 15) is 18.0 Å². The lowest BCUT2D eigenvalue weighted by atomic mass is 10.1. The van der Waals surface area contributed by atoms with Crippen molar-refractivity contribution in [3.05, 3.63) is 29.6 Å². The molecule has 1 unspecified atom stereocenters. The van der Waals surface area contributed by atoms with Crippen LogP contribution in [0.15, 0.2) is 17.2 Å². The van der Waals surface area contributed by atoms with E-state index in [1.807, 2.05) is 0 Å². The third kappa shape index (κ3) is 1.61. The van der Waals surface area contributed by atoms with Crippen LogP contribution >= 0.6 is 11.8 Å². The molecule has 94 valence electrons. The number of halogens is 3. The number of fused-ring (bicyclic) bond motifs is 1. The van der Waals surface area contributed by atoms with Gasteiger partial charge in [0.25, 0.3) is 5.91 Å². The average Bonchev–Trinajstić information content (AvgIpc) is 2.89. The monoisotopic (exact) mass is 272 g/mol. The highest BCUT2D eigenvalue weighted by molar-refractivity contribution is 8.00. The molecule has 2 heterocycles. The lowest BCUT2D eigenvalue weighted by molar-refractivity contribution is -0.119. The van der Waals surface area contributed by atoms with Crippen molar-refractivity contribution in [2.75, 3.05) is 16.5 Å². The van der Waals surface area contributed by atoms with Crippen molar-refractivity contribution in [2.45, 2.75) is 0 Å². The summed E-state index contributed by atoms with van der Waals surface area (Å²) in [5.41, 5.74) is 0.624. The van der Waals surface area contributed by atoms with E-state index < -0.39 is 17.5 Å². The van der Waals surface area contributed by atoms with E-state index in [0.29, 0.717) is 17.2 Å². The van der Waals surface area contributed by atoms with Gasteiger partial charge in [0.1, 0.15) is 0 Å². The average molecular weight is 272 g/mol. The summed E-state index contributed by atoms with van der Waals surface area (Å²) in [6, 6.07) is 1.54. The first kappa shape index (κ1) is 11.6. The van der Waals surface area contributed by atoms with Crippen LogP contribution in [0, 0.1) is 23.4 Å². The van der Waals surface area contributed by atoms with Crippen LogP contribution in [0.2, 0.25) is 0 Å². The number of rotatable bonds is 1. The summed E-state index contributed by atoms with van der Waals surface area (Å²) in [6.07, 6.45) is 0. The minimum Gasteiger partial charge on any atom is -0.272 e. The second-order valence-corrected chi connectivity index (χ2v) is 5.06. The molecule has 1 atom stereocenters. The lowest BCUT2D eigenvalue weighted by Gasteiger charge is -2.14. The number of carbonyl (C=O) groups excluding carboxylic acids is 1. The minimum absolute atomic E-state index is 0.0803. The van der Waals surface area contributed by atoms with E-state index in [4.69, 9.17) is 0 Å². The van der Waals surface area contributed by atoms with Crippen molar-refractivity contribution in [1.29, 1.82) is 0 Å². The molecule has 0 N–H and O–H groups in total. The van der Waals surface area contributed by atoms with Gasteiger partial charge in [-0.1, -0.05) is 0 Å². The molecule has 3 nitrogen and oxygen atoms in total. The molecule has 1 amide bonds. The molecule has 0 spiro atoms. The molecule has 1 aromatic carbocycles. The van der Waals surface area contributed by atoms with Gasteiger partial charge >= 0.3 is 0 Å². The molecular weight excluding hydrogens is 265 g/mol. The maximum atomic E-state index is 13.1. The smallest absolute Gasteiger partial charge is 0.257 e. The molecule has 0 radical (unpaired) electrons. The predicted molar refractivity (Wildman–Crippen MR) is 62.1 cm³/mol. The molecule has 18 heavy (non-hydrogen) atoms. The van der Waals surface area contributed by atoms with Gasteiger partial charge in [0.15, 0.2) is 17.5 Å². The molecule has 2 aliphatic rings. The Hall–Kier alpha value is -1.50. The summed E-state index contributed by atoms with van der Waals surface area (Å²) in [5.74, 6) is -3.58. The van der Waals surface area contributed by atoms with Crippen molar-refractivity contribution in [3.8, 4) is 0 Å². The Bertz CT molecular complexity index is 552. The van der Waals surface area contributed by atoms with Crippen LogP contribution in [0.4, 0.5) is 18.9 Å². The van der Waals surface area contributed by atoms with Crippen LogP contribution in [0.25, 0.3) is 0 Å². The van der Waals surface area contributed by atoms with Gasteiger partial charge < -0.3 is 0 Å². The van der Waals surface area contributed by atoms with Crippen LogP contribution < -0.4 is 5.01 Å². The Morgan fingerprint density at radius 1 is 1.28 bits per heavy atom. The highest BCUT2D eigenvalue weighted by Crippen LogP contribution is 2.32. The quantitative estimate of drug-likeness (QED) is 0.734. The highest BCUT2D eigenvalue weighted by Gasteiger charge is 2.40. The van der Waals surface area contributed by atoms with Crippen molar-refractivity contribution >= 4 is 29.1 Å². The van der Waals surface area contributed by atoms with E-state index >= 15 is 0 Å². The number of anilines is 1. The third-order valence-electron chi connectivity index (χ3n) is 2.89. The van der Waals surface area contributed by atoms with Crippen LogP contribution in [-0.4, -0.2) is 23.1 Å². The summed E-state index contributed by atoms with van der Waals surface area (Å²) in [4.78, 5) is 12.0. The molecule has 0 aromatic heterocycles. The molecule has 2 aliphatic heterocycles. The maximum Gasteiger partial charge on any atom is 0.257 e. The number of hydrogen-bond acceptors (Lipinski definition) is 3. The first-order chi connectivity index (χ1) is 8.58. The predicted octanol–water partition coefficient (Wildman–Crippen LogP) is 2.17. The summed E-state index contributed by atoms with van der Waals surface area (Å²) in [7, 11) is 0. The van der Waals surface area contributed by atoms with Crippen molar-refractivity contribution in [1.82, 2.24) is 0 Å². The van der Waals surface area contributed by atoms with Gasteiger partial charge in [-0.25, -0.2) is 13.2 Å². The first-order valence-electron chi connectivity index (χ1n) is 5.21. The molecule has 3 rings (SSSR count). The largest absolute Gasteiger partial charge is 0.272 e. The Labute approximate surface area is 105 Å². The van der Waals surface area contributed by atoms with E-state index in [1.165, 1.54) is 0 Å². The zero-order valence-corrected chi connectivity index (χ0v) is 9.81. The number of hydrazone groups is 1. The lowest BCUT2D eigenvalue weighted by Crippen LogP contribution is -2.27. The number of carbonyl (C=O) groups is 1. The summed E-state index contributed by atoms with van der Waals surface area (Å²) < 4.78 is 39.0. The van der Waals surface area contributed by atoms with Gasteiger partial charge in [0.2, 0.25) is 0 Å². The minimum atomic E-state index is -1.55.